The fourth-order valence-electron chi connectivity index (χ4n) is 21.6. The molecule has 0 fully saturated rings. The summed E-state index contributed by atoms with van der Waals surface area (Å²) < 4.78 is 0. The maximum absolute atomic E-state index is 5.50. The Labute approximate surface area is 820 Å². The molecule has 142 heavy (non-hydrogen) atoms. The zero-order chi connectivity index (χ0) is 93.9. The van der Waals surface area contributed by atoms with Crippen molar-refractivity contribution in [3.63, 3.8) is 0 Å². The van der Waals surface area contributed by atoms with E-state index in [0.29, 0.717) is 0 Å². The molecule has 0 saturated heterocycles. The lowest BCUT2D eigenvalue weighted by atomic mass is 9.89. The van der Waals surface area contributed by atoms with E-state index in [2.05, 4.69) is 494 Å². The van der Waals surface area contributed by atoms with E-state index in [9.17, 15) is 0 Å². The monoisotopic (exact) mass is 1800 g/mol. The summed E-state index contributed by atoms with van der Waals surface area (Å²) >= 11 is 0. The highest BCUT2D eigenvalue weighted by Crippen LogP contribution is 2.49. The van der Waals surface area contributed by atoms with Gasteiger partial charge >= 0.3 is 0 Å². The number of hydrogen-bond acceptors (Lipinski definition) is 6. The number of rotatable bonds is 12. The third kappa shape index (κ3) is 15.2. The Morgan fingerprint density at radius 3 is 0.732 bits per heavy atom. The predicted octanol–water partition coefficient (Wildman–Crippen LogP) is 36.4. The Morgan fingerprint density at radius 2 is 0.394 bits per heavy atom. The molecule has 6 heteroatoms. The first kappa shape index (κ1) is 83.7. The molecule has 6 nitrogen and oxygen atoms in total. The molecule has 0 N–H and O–H groups in total. The third-order valence-electron chi connectivity index (χ3n) is 28.5. The van der Waals surface area contributed by atoms with Crippen molar-refractivity contribution in [2.45, 2.75) is 0 Å². The first-order valence-electron chi connectivity index (χ1n) is 48.4. The maximum Gasteiger partial charge on any atom is 0.0794 e. The molecule has 28 rings (SSSR count). The molecular formula is C136H86N6. The van der Waals surface area contributed by atoms with Gasteiger partial charge < -0.3 is 0 Å². The summed E-state index contributed by atoms with van der Waals surface area (Å²) in [6.45, 7) is 0. The first-order valence-corrected chi connectivity index (χ1v) is 48.4. The minimum Gasteiger partial charge on any atom is -0.265 e. The number of nitrogens with zero attached hydrogens (tertiary/aromatic N) is 6. The third-order valence-corrected chi connectivity index (χ3v) is 28.5. The van der Waals surface area contributed by atoms with Gasteiger partial charge in [0.1, 0.15) is 0 Å². The number of fused-ring (bicyclic) bond motifs is 16. The molecule has 6 heterocycles. The van der Waals surface area contributed by atoms with Crippen LogP contribution in [-0.4, -0.2) is 29.9 Å². The maximum atomic E-state index is 5.50. The van der Waals surface area contributed by atoms with Crippen LogP contribution < -0.4 is 0 Å². The average Bonchev–Trinajstić information content (AvgIpc) is 0.737. The van der Waals surface area contributed by atoms with Crippen LogP contribution in [0.4, 0.5) is 0 Å². The van der Waals surface area contributed by atoms with Crippen molar-refractivity contribution in [1.29, 1.82) is 0 Å². The van der Waals surface area contributed by atoms with E-state index in [1.807, 2.05) is 43.1 Å². The van der Waals surface area contributed by atoms with Crippen LogP contribution >= 0.6 is 0 Å². The second-order valence-corrected chi connectivity index (χ2v) is 36.5. The molecule has 0 saturated carbocycles. The molecule has 0 amide bonds. The van der Waals surface area contributed by atoms with E-state index < -0.39 is 0 Å². The van der Waals surface area contributed by atoms with Crippen LogP contribution in [0.25, 0.3) is 274 Å². The Morgan fingerprint density at radius 1 is 0.127 bits per heavy atom. The predicted molar refractivity (Wildman–Crippen MR) is 599 cm³/mol. The second-order valence-electron chi connectivity index (χ2n) is 36.5. The number of pyridine rings is 6. The molecule has 0 aliphatic rings. The molecule has 0 bridgehead atoms. The van der Waals surface area contributed by atoms with Crippen molar-refractivity contribution in [2.24, 2.45) is 0 Å². The van der Waals surface area contributed by atoms with E-state index >= 15 is 0 Å². The highest BCUT2D eigenvalue weighted by molar-refractivity contribution is 6.23. The highest BCUT2D eigenvalue weighted by atomic mass is 14.7. The largest absolute Gasteiger partial charge is 0.265 e. The van der Waals surface area contributed by atoms with Crippen molar-refractivity contribution in [2.75, 3.05) is 0 Å². The van der Waals surface area contributed by atoms with E-state index in [1.54, 1.807) is 0 Å². The lowest BCUT2D eigenvalue weighted by Crippen LogP contribution is -1.94. The van der Waals surface area contributed by atoms with Gasteiger partial charge in [0.15, 0.2) is 0 Å². The number of aromatic nitrogens is 6. The minimum atomic E-state index is 0.976. The molecule has 0 atom stereocenters. The Hall–Kier alpha value is -18.9. The van der Waals surface area contributed by atoms with E-state index in [1.165, 1.54) is 164 Å². The van der Waals surface area contributed by atoms with Crippen molar-refractivity contribution < 1.29 is 0 Å². The zero-order valence-corrected chi connectivity index (χ0v) is 77.3. The topological polar surface area (TPSA) is 77.3 Å². The zero-order valence-electron chi connectivity index (χ0n) is 77.3. The molecule has 660 valence electrons. The van der Waals surface area contributed by atoms with Gasteiger partial charge in [-0.25, -0.2) is 15.0 Å². The molecule has 0 aliphatic heterocycles. The smallest absolute Gasteiger partial charge is 0.0794 e. The SMILES string of the molecule is c1ccc2c(-c3cc(-c4cccc5ccccc45)c4cc(-c5ccc(-c6ccnc7ccccc67)cc5)c5ccccc5c4n3)cccc2c1.c1ccc2c(-c3cc(-c4cccc5ccccc45)c4cc(-c5ccc(-c6ccncc6)cc5)c5ccccc5c4n3)cccc2c1.c1cncc(-c2ccc(-c3cc4c(-c5cccc6ccccc56)cc(-c5cccc6ccccc56)nc4c4ccccc34)cc2)c1. The molecule has 22 aromatic carbocycles. The lowest BCUT2D eigenvalue weighted by Gasteiger charge is -2.17. The summed E-state index contributed by atoms with van der Waals surface area (Å²) in [7, 11) is 0. The fourth-order valence-corrected chi connectivity index (χ4v) is 21.6. The first-order chi connectivity index (χ1) is 70.4. The van der Waals surface area contributed by atoms with E-state index in [0.717, 1.165) is 110 Å². The summed E-state index contributed by atoms with van der Waals surface area (Å²) in [5, 5.41) is 26.2. The molecule has 6 aromatic heterocycles. The molecular weight excluding hydrogens is 1720 g/mol. The molecule has 0 aliphatic carbocycles. The van der Waals surface area contributed by atoms with Gasteiger partial charge in [-0.05, 0) is 248 Å². The van der Waals surface area contributed by atoms with Crippen LogP contribution in [0.15, 0.2) is 522 Å². The van der Waals surface area contributed by atoms with Gasteiger partial charge in [0.25, 0.3) is 0 Å². The minimum absolute atomic E-state index is 0.976. The van der Waals surface area contributed by atoms with Crippen LogP contribution in [0.5, 0.6) is 0 Å². The standard InChI is InChI=1S/C48H30N2.2C44H28N2/c1-3-15-35-31(11-1)13-9-20-38(35)44-30-47(41-21-10-14-32-12-2-4-16-36(32)41)50-48-42-19-6-5-17-39(42)43(29-45(44)48)34-25-23-33(24-26-34)37-27-28-49-46-22-8-7-18-40(37)46;1-3-15-34-30(10-1)12-7-19-36(34)41-27-43(38-20-8-13-31-11-2-4-16-35(31)38)46-44-39-18-6-5-17-37(39)40(26-42(41)44)32-23-21-29(22-24-32)33-14-9-25-45-28-33;1-3-13-34-31(9-1)11-7-17-36(34)41-28-43(38-18-8-12-32-10-2-4-14-35(32)38)46-44-39-16-6-5-15-37(39)40(27-42(41)44)33-21-19-29(20-22-33)30-23-25-45-26-24-30/h1-30H;2*1-28H. The number of para-hydroxylation sites is 1. The van der Waals surface area contributed by atoms with Crippen LogP contribution in [-0.2, 0) is 0 Å². The van der Waals surface area contributed by atoms with Crippen LogP contribution in [0, 0.1) is 0 Å². The summed E-state index contributed by atoms with van der Waals surface area (Å²) in [6.07, 6.45) is 9.31. The van der Waals surface area contributed by atoms with Gasteiger partial charge in [0.05, 0.1) is 39.1 Å². The lowest BCUT2D eigenvalue weighted by molar-refractivity contribution is 1.33. The summed E-state index contributed by atoms with van der Waals surface area (Å²) in [4.78, 5) is 29.5. The normalized spacial score (nSPS) is 11.5. The molecule has 28 aromatic rings. The van der Waals surface area contributed by atoms with E-state index in [-0.39, 0.29) is 0 Å². The van der Waals surface area contributed by atoms with Gasteiger partial charge in [0.2, 0.25) is 0 Å². The van der Waals surface area contributed by atoms with E-state index in [4.69, 9.17) is 15.0 Å². The summed E-state index contributed by atoms with van der Waals surface area (Å²) in [6, 6.07) is 177. The molecule has 0 spiro atoms. The van der Waals surface area contributed by atoms with Gasteiger partial charge in [-0.2, -0.15) is 0 Å². The second kappa shape index (κ2) is 36.0. The molecule has 0 radical (unpaired) electrons. The van der Waals surface area contributed by atoms with Gasteiger partial charge in [-0.1, -0.05) is 425 Å². The average molecular weight is 1800 g/mol. The molecule has 0 unspecified atom stereocenters. The van der Waals surface area contributed by atoms with Crippen molar-refractivity contribution in [3.8, 4) is 134 Å². The van der Waals surface area contributed by atoms with Crippen molar-refractivity contribution >= 4 is 141 Å². The highest BCUT2D eigenvalue weighted by Gasteiger charge is 2.25. The van der Waals surface area contributed by atoms with Gasteiger partial charge in [-0.3, -0.25) is 15.0 Å². The summed E-state index contributed by atoms with van der Waals surface area (Å²) in [5.41, 5.74) is 31.7. The van der Waals surface area contributed by atoms with Crippen LogP contribution in [0.2, 0.25) is 0 Å². The van der Waals surface area contributed by atoms with Crippen molar-refractivity contribution in [1.82, 2.24) is 29.9 Å². The van der Waals surface area contributed by atoms with Crippen LogP contribution in [0.1, 0.15) is 0 Å². The van der Waals surface area contributed by atoms with Crippen molar-refractivity contribution in [3.05, 3.63) is 522 Å². The summed E-state index contributed by atoms with van der Waals surface area (Å²) in [5.74, 6) is 0. The number of hydrogen-bond donors (Lipinski definition) is 0. The Balaban J connectivity index is 0.000000109. The Bertz CT molecular complexity index is 9450. The quantitative estimate of drug-likeness (QED) is 0.113. The fraction of sp³-hybridized carbons (Fsp3) is 0. The van der Waals surface area contributed by atoms with Gasteiger partial charge in [0, 0.05) is 85.4 Å². The van der Waals surface area contributed by atoms with Crippen LogP contribution in [0.3, 0.4) is 0 Å². The Kier molecular flexibility index (Phi) is 21.2. The van der Waals surface area contributed by atoms with Gasteiger partial charge in [-0.15, -0.1) is 0 Å². The number of benzene rings is 22.